The van der Waals surface area contributed by atoms with Crippen LogP contribution in [0.2, 0.25) is 0 Å². The van der Waals surface area contributed by atoms with Gasteiger partial charge in [-0.1, -0.05) is 0 Å². The predicted molar refractivity (Wildman–Crippen MR) is 89.1 cm³/mol. The summed E-state index contributed by atoms with van der Waals surface area (Å²) in [7, 11) is 2.19. The first kappa shape index (κ1) is 17.5. The highest BCUT2D eigenvalue weighted by Crippen LogP contribution is 2.28. The Kier molecular flexibility index (Phi) is 5.72. The van der Waals surface area contributed by atoms with Gasteiger partial charge in [-0.3, -0.25) is 0 Å². The van der Waals surface area contributed by atoms with E-state index in [0.717, 1.165) is 32.5 Å². The van der Waals surface area contributed by atoms with Crippen LogP contribution in [0, 0.1) is 0 Å². The Morgan fingerprint density at radius 1 is 1.32 bits per heavy atom. The van der Waals surface area contributed by atoms with E-state index in [0.29, 0.717) is 18.1 Å². The van der Waals surface area contributed by atoms with Gasteiger partial charge < -0.3 is 19.9 Å². The van der Waals surface area contributed by atoms with Crippen molar-refractivity contribution >= 4 is 6.09 Å². The molecule has 1 N–H and O–H groups in total. The summed E-state index contributed by atoms with van der Waals surface area (Å²) >= 11 is 0. The largest absolute Gasteiger partial charge is 0.444 e. The molecule has 22 heavy (non-hydrogen) atoms. The minimum Gasteiger partial charge on any atom is -0.444 e. The molecule has 1 saturated carbocycles. The van der Waals surface area contributed by atoms with Crippen molar-refractivity contribution in [1.29, 1.82) is 0 Å². The molecule has 1 aliphatic carbocycles. The summed E-state index contributed by atoms with van der Waals surface area (Å²) in [5.74, 6) is 0. The monoisotopic (exact) mass is 311 g/mol. The molecule has 2 atom stereocenters. The van der Waals surface area contributed by atoms with Crippen LogP contribution in [-0.2, 0) is 4.74 Å². The minimum atomic E-state index is -0.416. The number of piperidine rings is 1. The van der Waals surface area contributed by atoms with E-state index >= 15 is 0 Å². The van der Waals surface area contributed by atoms with E-state index in [9.17, 15) is 4.79 Å². The standard InChI is InChI=1S/C17H33N3O2/c1-13-12-14(8-10-19(13)5)18-9-11-20(15-6-7-15)16(21)22-17(2,3)4/h13-15,18H,6-12H2,1-5H3. The fourth-order valence-corrected chi connectivity index (χ4v) is 2.99. The second kappa shape index (κ2) is 7.18. The van der Waals surface area contributed by atoms with Crippen LogP contribution in [0.3, 0.4) is 0 Å². The molecule has 5 nitrogen and oxygen atoms in total. The van der Waals surface area contributed by atoms with Crippen LogP contribution >= 0.6 is 0 Å². The number of rotatable bonds is 5. The molecule has 1 aliphatic heterocycles. The lowest BCUT2D eigenvalue weighted by Gasteiger charge is -2.36. The van der Waals surface area contributed by atoms with Gasteiger partial charge in [0.1, 0.15) is 5.60 Å². The highest BCUT2D eigenvalue weighted by atomic mass is 16.6. The van der Waals surface area contributed by atoms with Crippen LogP contribution in [0.4, 0.5) is 4.79 Å². The number of nitrogens with one attached hydrogen (secondary N) is 1. The highest BCUT2D eigenvalue weighted by molar-refractivity contribution is 5.69. The summed E-state index contributed by atoms with van der Waals surface area (Å²) in [6.45, 7) is 10.8. The lowest BCUT2D eigenvalue weighted by molar-refractivity contribution is 0.0232. The van der Waals surface area contributed by atoms with Gasteiger partial charge in [-0.15, -0.1) is 0 Å². The lowest BCUT2D eigenvalue weighted by Crippen LogP contribution is -2.48. The zero-order valence-corrected chi connectivity index (χ0v) is 14.9. The van der Waals surface area contributed by atoms with Crippen molar-refractivity contribution in [2.75, 3.05) is 26.7 Å². The summed E-state index contributed by atoms with van der Waals surface area (Å²) in [4.78, 5) is 16.6. The Labute approximate surface area is 135 Å². The smallest absolute Gasteiger partial charge is 0.410 e. The molecule has 0 aromatic heterocycles. The predicted octanol–water partition coefficient (Wildman–Crippen LogP) is 2.46. The topological polar surface area (TPSA) is 44.8 Å². The number of carbonyl (C=O) groups is 1. The second-order valence-corrected chi connectivity index (χ2v) is 7.91. The van der Waals surface area contributed by atoms with Crippen LogP contribution in [0.15, 0.2) is 0 Å². The zero-order valence-electron chi connectivity index (χ0n) is 14.9. The summed E-state index contributed by atoms with van der Waals surface area (Å²) in [6, 6.07) is 1.61. The van der Waals surface area contributed by atoms with Crippen molar-refractivity contribution in [2.24, 2.45) is 0 Å². The number of nitrogens with zero attached hydrogens (tertiary/aromatic N) is 2. The van der Waals surface area contributed by atoms with E-state index in [1.807, 2.05) is 25.7 Å². The third kappa shape index (κ3) is 5.43. The van der Waals surface area contributed by atoms with Gasteiger partial charge in [0.15, 0.2) is 0 Å². The molecule has 2 unspecified atom stereocenters. The van der Waals surface area contributed by atoms with E-state index in [4.69, 9.17) is 4.74 Å². The molecule has 1 amide bonds. The third-order valence-corrected chi connectivity index (χ3v) is 4.61. The maximum Gasteiger partial charge on any atom is 0.410 e. The van der Waals surface area contributed by atoms with Gasteiger partial charge in [-0.25, -0.2) is 4.79 Å². The van der Waals surface area contributed by atoms with Gasteiger partial charge in [-0.05, 0) is 67.0 Å². The van der Waals surface area contributed by atoms with Crippen molar-refractivity contribution in [3.63, 3.8) is 0 Å². The van der Waals surface area contributed by atoms with Gasteiger partial charge in [0.25, 0.3) is 0 Å². The van der Waals surface area contributed by atoms with E-state index in [2.05, 4.69) is 24.2 Å². The van der Waals surface area contributed by atoms with Crippen molar-refractivity contribution in [1.82, 2.24) is 15.1 Å². The second-order valence-electron chi connectivity index (χ2n) is 7.91. The molecule has 2 rings (SSSR count). The summed E-state index contributed by atoms with van der Waals surface area (Å²) in [5.41, 5.74) is -0.416. The van der Waals surface area contributed by atoms with Crippen molar-refractivity contribution in [3.05, 3.63) is 0 Å². The first-order chi connectivity index (χ1) is 10.3. The lowest BCUT2D eigenvalue weighted by atomic mass is 9.99. The quantitative estimate of drug-likeness (QED) is 0.847. The highest BCUT2D eigenvalue weighted by Gasteiger charge is 2.35. The molecule has 128 valence electrons. The Morgan fingerprint density at radius 2 is 2.00 bits per heavy atom. The number of hydrogen-bond acceptors (Lipinski definition) is 4. The van der Waals surface area contributed by atoms with Crippen LogP contribution < -0.4 is 5.32 Å². The van der Waals surface area contributed by atoms with E-state index in [-0.39, 0.29) is 6.09 Å². The maximum atomic E-state index is 12.3. The van der Waals surface area contributed by atoms with Crippen LogP contribution in [-0.4, -0.2) is 66.3 Å². The molecule has 5 heteroatoms. The first-order valence-electron chi connectivity index (χ1n) is 8.69. The number of likely N-dealkylation sites (tertiary alicyclic amines) is 1. The van der Waals surface area contributed by atoms with Crippen LogP contribution in [0.5, 0.6) is 0 Å². The molecular weight excluding hydrogens is 278 g/mol. The average molecular weight is 311 g/mol. The Morgan fingerprint density at radius 3 is 2.55 bits per heavy atom. The summed E-state index contributed by atoms with van der Waals surface area (Å²) in [5, 5.41) is 3.63. The van der Waals surface area contributed by atoms with Gasteiger partial charge >= 0.3 is 6.09 Å². The SMILES string of the molecule is CC1CC(NCCN(C(=O)OC(C)(C)C)C2CC2)CCN1C. The van der Waals surface area contributed by atoms with Crippen molar-refractivity contribution in [2.45, 2.75) is 77.1 Å². The molecule has 0 spiro atoms. The normalized spacial score (nSPS) is 26.8. The molecule has 0 radical (unpaired) electrons. The molecular formula is C17H33N3O2. The molecule has 2 aliphatic rings. The molecule has 2 fully saturated rings. The van der Waals surface area contributed by atoms with Gasteiger partial charge in [-0.2, -0.15) is 0 Å². The number of ether oxygens (including phenoxy) is 1. The van der Waals surface area contributed by atoms with Gasteiger partial charge in [0.2, 0.25) is 0 Å². The van der Waals surface area contributed by atoms with Crippen molar-refractivity contribution < 1.29 is 9.53 Å². The first-order valence-corrected chi connectivity index (χ1v) is 8.69. The van der Waals surface area contributed by atoms with E-state index < -0.39 is 5.60 Å². The molecule has 1 saturated heterocycles. The van der Waals surface area contributed by atoms with Gasteiger partial charge in [0.05, 0.1) is 0 Å². The van der Waals surface area contributed by atoms with Crippen molar-refractivity contribution in [3.8, 4) is 0 Å². The Hall–Kier alpha value is -0.810. The average Bonchev–Trinajstić information content (AvgIpc) is 3.21. The van der Waals surface area contributed by atoms with Crippen LogP contribution in [0.1, 0.15) is 53.4 Å². The Balaban J connectivity index is 1.74. The minimum absolute atomic E-state index is 0.159. The molecule has 0 aromatic rings. The Bertz CT molecular complexity index is 377. The maximum absolute atomic E-state index is 12.3. The fraction of sp³-hybridized carbons (Fsp3) is 0.941. The zero-order chi connectivity index (χ0) is 16.3. The van der Waals surface area contributed by atoms with Gasteiger partial charge in [0, 0.05) is 31.2 Å². The summed E-state index contributed by atoms with van der Waals surface area (Å²) in [6.07, 6.45) is 4.45. The molecule has 1 heterocycles. The molecule has 0 bridgehead atoms. The fourth-order valence-electron chi connectivity index (χ4n) is 2.99. The van der Waals surface area contributed by atoms with E-state index in [1.165, 1.54) is 12.8 Å². The molecule has 0 aromatic carbocycles. The number of hydrogen-bond donors (Lipinski definition) is 1. The van der Waals surface area contributed by atoms with E-state index in [1.54, 1.807) is 0 Å². The number of amides is 1. The number of carbonyl (C=O) groups excluding carboxylic acids is 1. The third-order valence-electron chi connectivity index (χ3n) is 4.61. The summed E-state index contributed by atoms with van der Waals surface area (Å²) < 4.78 is 5.53. The van der Waals surface area contributed by atoms with Crippen LogP contribution in [0.25, 0.3) is 0 Å².